The van der Waals surface area contributed by atoms with Gasteiger partial charge < -0.3 is 5.11 Å². The molecule has 8 heteroatoms. The quantitative estimate of drug-likeness (QED) is 0.865. The van der Waals surface area contributed by atoms with Crippen LogP contribution in [0.5, 0.6) is 0 Å². The fourth-order valence-electron chi connectivity index (χ4n) is 1.05. The van der Waals surface area contributed by atoms with E-state index < -0.39 is 5.97 Å². The molecule has 2 aromatic heterocycles. The third-order valence-corrected chi connectivity index (χ3v) is 4.77. The van der Waals surface area contributed by atoms with E-state index in [2.05, 4.69) is 15.2 Å². The van der Waals surface area contributed by atoms with Gasteiger partial charge in [-0.2, -0.15) is 0 Å². The molecule has 2 heterocycles. The van der Waals surface area contributed by atoms with Crippen LogP contribution < -0.4 is 0 Å². The molecule has 0 radical (unpaired) electrons. The Morgan fingerprint density at radius 1 is 1.41 bits per heavy atom. The third kappa shape index (κ3) is 2.96. The molecule has 0 unspecified atom stereocenters. The van der Waals surface area contributed by atoms with Crippen molar-refractivity contribution in [2.75, 3.05) is 6.26 Å². The summed E-state index contributed by atoms with van der Waals surface area (Å²) in [6.45, 7) is 0. The molecule has 0 saturated heterocycles. The topological polar surface area (TPSA) is 76.0 Å². The van der Waals surface area contributed by atoms with E-state index in [0.717, 1.165) is 4.34 Å². The SMILES string of the molecule is CSc1nnc(Sc2cnccc2C(=O)O)s1. The molecule has 0 saturated carbocycles. The summed E-state index contributed by atoms with van der Waals surface area (Å²) in [5.41, 5.74) is 0.228. The number of thioether (sulfide) groups is 1. The Kier molecular flexibility index (Phi) is 3.97. The number of rotatable bonds is 4. The van der Waals surface area contributed by atoms with E-state index >= 15 is 0 Å². The normalized spacial score (nSPS) is 10.4. The molecule has 0 aliphatic rings. The lowest BCUT2D eigenvalue weighted by molar-refractivity contribution is 0.0693. The first-order chi connectivity index (χ1) is 8.20. The highest BCUT2D eigenvalue weighted by molar-refractivity contribution is 8.03. The maximum atomic E-state index is 11.0. The molecule has 0 bridgehead atoms. The average molecular weight is 285 g/mol. The van der Waals surface area contributed by atoms with Crippen LogP contribution in [0.4, 0.5) is 0 Å². The van der Waals surface area contributed by atoms with Crippen molar-refractivity contribution in [3.8, 4) is 0 Å². The zero-order valence-corrected chi connectivity index (χ0v) is 11.1. The fraction of sp³-hybridized carbons (Fsp3) is 0.111. The lowest BCUT2D eigenvalue weighted by Gasteiger charge is -2.00. The molecule has 0 spiro atoms. The number of carboxylic acid groups (broad SMARTS) is 1. The maximum Gasteiger partial charge on any atom is 0.336 e. The summed E-state index contributed by atoms with van der Waals surface area (Å²) in [4.78, 5) is 15.5. The highest BCUT2D eigenvalue weighted by atomic mass is 32.2. The largest absolute Gasteiger partial charge is 0.478 e. The van der Waals surface area contributed by atoms with Crippen molar-refractivity contribution in [3.63, 3.8) is 0 Å². The molecule has 0 fully saturated rings. The first-order valence-corrected chi connectivity index (χ1v) is 7.29. The summed E-state index contributed by atoms with van der Waals surface area (Å²) in [7, 11) is 0. The number of carboxylic acids is 1. The minimum Gasteiger partial charge on any atom is -0.478 e. The van der Waals surface area contributed by atoms with E-state index in [4.69, 9.17) is 5.11 Å². The van der Waals surface area contributed by atoms with Gasteiger partial charge in [-0.05, 0) is 12.3 Å². The van der Waals surface area contributed by atoms with Gasteiger partial charge in [-0.3, -0.25) is 4.98 Å². The monoisotopic (exact) mass is 285 g/mol. The van der Waals surface area contributed by atoms with E-state index in [1.807, 2.05) is 6.26 Å². The van der Waals surface area contributed by atoms with E-state index in [9.17, 15) is 4.79 Å². The van der Waals surface area contributed by atoms with Crippen molar-refractivity contribution in [2.45, 2.75) is 13.6 Å². The number of nitrogens with zero attached hydrogens (tertiary/aromatic N) is 3. The van der Waals surface area contributed by atoms with Gasteiger partial charge in [0.05, 0.1) is 5.56 Å². The van der Waals surface area contributed by atoms with Crippen molar-refractivity contribution in [2.24, 2.45) is 0 Å². The van der Waals surface area contributed by atoms with Crippen LogP contribution in [-0.2, 0) is 0 Å². The van der Waals surface area contributed by atoms with E-state index in [1.165, 1.54) is 53.3 Å². The third-order valence-electron chi connectivity index (χ3n) is 1.77. The van der Waals surface area contributed by atoms with Crippen molar-refractivity contribution in [3.05, 3.63) is 24.0 Å². The van der Waals surface area contributed by atoms with Gasteiger partial charge in [0.15, 0.2) is 8.68 Å². The van der Waals surface area contributed by atoms with Crippen molar-refractivity contribution in [1.29, 1.82) is 0 Å². The van der Waals surface area contributed by atoms with Gasteiger partial charge in [0, 0.05) is 17.3 Å². The molecule has 1 N–H and O–H groups in total. The molecule has 5 nitrogen and oxygen atoms in total. The zero-order chi connectivity index (χ0) is 12.3. The molecular weight excluding hydrogens is 278 g/mol. The van der Waals surface area contributed by atoms with E-state index in [1.54, 1.807) is 0 Å². The molecular formula is C9H7N3O2S3. The van der Waals surface area contributed by atoms with Gasteiger partial charge in [0.25, 0.3) is 0 Å². The minimum atomic E-state index is -0.968. The van der Waals surface area contributed by atoms with Crippen molar-refractivity contribution >= 4 is 40.8 Å². The molecule has 0 atom stereocenters. The smallest absolute Gasteiger partial charge is 0.336 e. The summed E-state index contributed by atoms with van der Waals surface area (Å²) < 4.78 is 1.57. The van der Waals surface area contributed by atoms with E-state index in [-0.39, 0.29) is 5.56 Å². The lowest BCUT2D eigenvalue weighted by atomic mass is 10.3. The van der Waals surface area contributed by atoms with Gasteiger partial charge in [0.1, 0.15) is 0 Å². The Hall–Kier alpha value is -1.12. The predicted octanol–water partition coefficient (Wildman–Crippen LogP) is 2.50. The number of aromatic nitrogens is 3. The summed E-state index contributed by atoms with van der Waals surface area (Å²) >= 11 is 4.21. The molecule has 2 rings (SSSR count). The van der Waals surface area contributed by atoms with Crippen LogP contribution in [0.25, 0.3) is 0 Å². The van der Waals surface area contributed by atoms with Gasteiger partial charge in [-0.25, -0.2) is 4.79 Å². The summed E-state index contributed by atoms with van der Waals surface area (Å²) in [5, 5.41) is 16.9. The number of carbonyl (C=O) groups is 1. The predicted molar refractivity (Wildman–Crippen MR) is 67.0 cm³/mol. The summed E-state index contributed by atoms with van der Waals surface area (Å²) in [6, 6.07) is 1.47. The molecule has 17 heavy (non-hydrogen) atoms. The average Bonchev–Trinajstić information content (AvgIpc) is 2.77. The standard InChI is InChI=1S/C9H7N3O2S3/c1-15-8-11-12-9(17-8)16-6-4-10-3-2-5(6)7(13)14/h2-4H,1H3,(H,13,14). The van der Waals surface area contributed by atoms with E-state index in [0.29, 0.717) is 9.24 Å². The molecule has 0 amide bonds. The van der Waals surface area contributed by atoms with Gasteiger partial charge in [0.2, 0.25) is 0 Å². The fourth-order valence-corrected chi connectivity index (χ4v) is 3.54. The second-order valence-corrected chi connectivity index (χ2v) is 6.14. The van der Waals surface area contributed by atoms with Crippen LogP contribution in [0.3, 0.4) is 0 Å². The Labute approximate surface area is 110 Å². The second-order valence-electron chi connectivity index (χ2n) is 2.82. The Morgan fingerprint density at radius 2 is 2.18 bits per heavy atom. The van der Waals surface area contributed by atoms with Gasteiger partial charge >= 0.3 is 5.97 Å². The Bertz CT molecular complexity index is 544. The Balaban J connectivity index is 2.26. The van der Waals surface area contributed by atoms with Crippen LogP contribution in [0, 0.1) is 0 Å². The maximum absolute atomic E-state index is 11.0. The van der Waals surface area contributed by atoms with Crippen LogP contribution in [0.15, 0.2) is 32.0 Å². The number of aromatic carboxylic acids is 1. The molecule has 0 aromatic carbocycles. The highest BCUT2D eigenvalue weighted by Crippen LogP contribution is 2.34. The second kappa shape index (κ2) is 5.48. The minimum absolute atomic E-state index is 0.228. The number of hydrogen-bond acceptors (Lipinski definition) is 7. The lowest BCUT2D eigenvalue weighted by Crippen LogP contribution is -1.98. The first-order valence-electron chi connectivity index (χ1n) is 4.43. The summed E-state index contributed by atoms with van der Waals surface area (Å²) in [5.74, 6) is -0.968. The highest BCUT2D eigenvalue weighted by Gasteiger charge is 2.13. The van der Waals surface area contributed by atoms with Crippen molar-refractivity contribution in [1.82, 2.24) is 15.2 Å². The van der Waals surface area contributed by atoms with Crippen LogP contribution in [-0.4, -0.2) is 32.5 Å². The van der Waals surface area contributed by atoms with Crippen LogP contribution >= 0.6 is 34.9 Å². The number of pyridine rings is 1. The van der Waals surface area contributed by atoms with Gasteiger partial charge in [-0.1, -0.05) is 34.9 Å². The zero-order valence-electron chi connectivity index (χ0n) is 8.65. The van der Waals surface area contributed by atoms with Crippen molar-refractivity contribution < 1.29 is 9.90 Å². The molecule has 0 aliphatic carbocycles. The van der Waals surface area contributed by atoms with Gasteiger partial charge in [-0.15, -0.1) is 10.2 Å². The van der Waals surface area contributed by atoms with Crippen LogP contribution in [0.2, 0.25) is 0 Å². The number of hydrogen-bond donors (Lipinski definition) is 1. The molecule has 2 aromatic rings. The van der Waals surface area contributed by atoms with Crippen LogP contribution in [0.1, 0.15) is 10.4 Å². The Morgan fingerprint density at radius 3 is 2.82 bits per heavy atom. The molecule has 0 aliphatic heterocycles. The first kappa shape index (κ1) is 12.3. The molecule has 88 valence electrons. The summed E-state index contributed by atoms with van der Waals surface area (Å²) in [6.07, 6.45) is 4.90.